The van der Waals surface area contributed by atoms with Gasteiger partial charge in [-0.05, 0) is 47.5 Å². The average Bonchev–Trinajstić information content (AvgIpc) is 3.11. The lowest BCUT2D eigenvalue weighted by atomic mass is 10.1. The number of urea groups is 1. The highest BCUT2D eigenvalue weighted by Gasteiger charge is 2.36. The molecule has 0 aliphatic carbocycles. The summed E-state index contributed by atoms with van der Waals surface area (Å²) in [6, 6.07) is 13.6. The number of ether oxygens (including phenoxy) is 2. The molecule has 3 aromatic carbocycles. The summed E-state index contributed by atoms with van der Waals surface area (Å²) in [5.74, 6) is -3.63. The summed E-state index contributed by atoms with van der Waals surface area (Å²) in [6.07, 6.45) is 0. The van der Waals surface area contributed by atoms with Gasteiger partial charge >= 0.3 is 17.8 Å². The molecular weight excluding hydrogens is 476 g/mol. The van der Waals surface area contributed by atoms with Crippen LogP contribution in [0, 0.1) is 11.6 Å². The molecule has 0 saturated carbocycles. The van der Waals surface area contributed by atoms with Crippen molar-refractivity contribution in [2.75, 3.05) is 7.11 Å². The third kappa shape index (κ3) is 5.30. The number of rotatable bonds is 8. The van der Waals surface area contributed by atoms with E-state index in [0.29, 0.717) is 11.3 Å². The van der Waals surface area contributed by atoms with E-state index in [1.165, 1.54) is 25.3 Å². The fourth-order valence-corrected chi connectivity index (χ4v) is 3.42. The number of imide groups is 2. The Morgan fingerprint density at radius 1 is 0.917 bits per heavy atom. The number of amides is 5. The van der Waals surface area contributed by atoms with Gasteiger partial charge in [-0.15, -0.1) is 0 Å². The van der Waals surface area contributed by atoms with Gasteiger partial charge in [-0.3, -0.25) is 24.6 Å². The zero-order valence-corrected chi connectivity index (χ0v) is 18.8. The summed E-state index contributed by atoms with van der Waals surface area (Å²) in [5.41, 5.74) is 1.35. The Kier molecular flexibility index (Phi) is 6.91. The van der Waals surface area contributed by atoms with Gasteiger partial charge in [0.1, 0.15) is 17.2 Å². The maximum atomic E-state index is 13.3. The molecule has 5 amide bonds. The fraction of sp³-hybridized carbons (Fsp3) is 0.120. The Hall–Kier alpha value is -4.80. The van der Waals surface area contributed by atoms with Crippen molar-refractivity contribution in [3.05, 3.63) is 89.0 Å². The zero-order chi connectivity index (χ0) is 25.8. The van der Waals surface area contributed by atoms with Gasteiger partial charge in [0.05, 0.1) is 19.2 Å². The molecule has 1 heterocycles. The number of nitrogens with one attached hydrogen (secondary N) is 2. The number of halogens is 2. The normalized spacial score (nSPS) is 13.0. The van der Waals surface area contributed by atoms with Gasteiger partial charge < -0.3 is 14.8 Å². The second kappa shape index (κ2) is 10.2. The molecule has 0 aromatic heterocycles. The SMILES string of the molecule is COc1ccc(CN2C(=O)NC(=O)C2=O)cc1C(=O)NCc1ccc(Oc2ccc(F)c(F)c2)cc1. The lowest BCUT2D eigenvalue weighted by Gasteiger charge is -2.14. The van der Waals surface area contributed by atoms with Crippen molar-refractivity contribution in [1.29, 1.82) is 0 Å². The molecule has 36 heavy (non-hydrogen) atoms. The number of methoxy groups -OCH3 is 1. The Morgan fingerprint density at radius 2 is 1.61 bits per heavy atom. The maximum absolute atomic E-state index is 13.3. The molecule has 3 aromatic rings. The Balaban J connectivity index is 1.40. The first-order valence-electron chi connectivity index (χ1n) is 10.6. The first kappa shape index (κ1) is 24.3. The molecule has 2 N–H and O–H groups in total. The third-order valence-corrected chi connectivity index (χ3v) is 5.26. The number of benzene rings is 3. The summed E-state index contributed by atoms with van der Waals surface area (Å²) in [7, 11) is 1.40. The lowest BCUT2D eigenvalue weighted by molar-refractivity contribution is -0.140. The first-order valence-corrected chi connectivity index (χ1v) is 10.6. The second-order valence-corrected chi connectivity index (χ2v) is 7.69. The third-order valence-electron chi connectivity index (χ3n) is 5.26. The Morgan fingerprint density at radius 3 is 2.25 bits per heavy atom. The minimum Gasteiger partial charge on any atom is -0.496 e. The molecule has 11 heteroatoms. The summed E-state index contributed by atoms with van der Waals surface area (Å²) < 4.78 is 37.1. The monoisotopic (exact) mass is 495 g/mol. The van der Waals surface area contributed by atoms with Gasteiger partial charge in [-0.2, -0.15) is 0 Å². The van der Waals surface area contributed by atoms with Crippen molar-refractivity contribution in [2.45, 2.75) is 13.1 Å². The van der Waals surface area contributed by atoms with Crippen molar-refractivity contribution in [3.8, 4) is 17.2 Å². The molecule has 1 aliphatic rings. The van der Waals surface area contributed by atoms with Crippen LogP contribution in [0.1, 0.15) is 21.5 Å². The molecule has 0 unspecified atom stereocenters. The molecule has 0 spiro atoms. The number of nitrogens with zero attached hydrogens (tertiary/aromatic N) is 1. The predicted molar refractivity (Wildman–Crippen MR) is 121 cm³/mol. The van der Waals surface area contributed by atoms with E-state index < -0.39 is 35.4 Å². The zero-order valence-electron chi connectivity index (χ0n) is 18.8. The summed E-state index contributed by atoms with van der Waals surface area (Å²) in [4.78, 5) is 48.6. The van der Waals surface area contributed by atoms with Crippen LogP contribution in [0.4, 0.5) is 13.6 Å². The second-order valence-electron chi connectivity index (χ2n) is 7.69. The molecule has 1 aliphatic heterocycles. The summed E-state index contributed by atoms with van der Waals surface area (Å²) in [6.45, 7) is -0.0424. The van der Waals surface area contributed by atoms with E-state index in [4.69, 9.17) is 9.47 Å². The molecule has 184 valence electrons. The minimum atomic E-state index is -1.02. The van der Waals surface area contributed by atoms with Gasteiger partial charge in [-0.1, -0.05) is 18.2 Å². The van der Waals surface area contributed by atoms with Crippen LogP contribution in [0.15, 0.2) is 60.7 Å². The van der Waals surface area contributed by atoms with Crippen molar-refractivity contribution in [3.63, 3.8) is 0 Å². The fourth-order valence-electron chi connectivity index (χ4n) is 3.42. The Bertz CT molecular complexity index is 1360. The van der Waals surface area contributed by atoms with Crippen LogP contribution < -0.4 is 20.1 Å². The summed E-state index contributed by atoms with van der Waals surface area (Å²) in [5, 5.41) is 4.66. The van der Waals surface area contributed by atoms with Gasteiger partial charge in [0, 0.05) is 12.6 Å². The molecule has 0 bridgehead atoms. The smallest absolute Gasteiger partial charge is 0.331 e. The quantitative estimate of drug-likeness (QED) is 0.366. The van der Waals surface area contributed by atoms with Crippen LogP contribution in [-0.4, -0.2) is 35.8 Å². The molecular formula is C25H19F2N3O6. The molecule has 0 atom stereocenters. The van der Waals surface area contributed by atoms with E-state index >= 15 is 0 Å². The minimum absolute atomic E-state index is 0.138. The van der Waals surface area contributed by atoms with Gasteiger partial charge in [0.25, 0.3) is 5.91 Å². The Labute approximate surface area is 203 Å². The van der Waals surface area contributed by atoms with Crippen molar-refractivity contribution in [2.24, 2.45) is 0 Å². The molecule has 1 saturated heterocycles. The molecule has 0 radical (unpaired) electrons. The van der Waals surface area contributed by atoms with Crippen LogP contribution >= 0.6 is 0 Å². The first-order chi connectivity index (χ1) is 17.2. The van der Waals surface area contributed by atoms with Gasteiger partial charge in [-0.25, -0.2) is 13.6 Å². The van der Waals surface area contributed by atoms with E-state index in [2.05, 4.69) is 5.32 Å². The summed E-state index contributed by atoms with van der Waals surface area (Å²) >= 11 is 0. The van der Waals surface area contributed by atoms with Crippen molar-refractivity contribution in [1.82, 2.24) is 15.5 Å². The number of hydrogen-bond acceptors (Lipinski definition) is 6. The molecule has 1 fully saturated rings. The van der Waals surface area contributed by atoms with Crippen LogP contribution in [0.25, 0.3) is 0 Å². The van der Waals surface area contributed by atoms with Crippen LogP contribution in [0.2, 0.25) is 0 Å². The highest BCUT2D eigenvalue weighted by atomic mass is 19.2. The highest BCUT2D eigenvalue weighted by Crippen LogP contribution is 2.24. The number of hydrogen-bond donors (Lipinski definition) is 2. The number of carbonyl (C=O) groups is 4. The van der Waals surface area contributed by atoms with Gasteiger partial charge in [0.15, 0.2) is 11.6 Å². The van der Waals surface area contributed by atoms with E-state index in [9.17, 15) is 28.0 Å². The number of carbonyl (C=O) groups excluding carboxylic acids is 4. The van der Waals surface area contributed by atoms with E-state index in [0.717, 1.165) is 22.6 Å². The van der Waals surface area contributed by atoms with Crippen molar-refractivity contribution < 1.29 is 37.4 Å². The standard InChI is InChI=1S/C25H19F2N3O6/c1-35-21-9-4-15(13-30-24(33)23(32)29-25(30)34)10-18(21)22(31)28-12-14-2-5-16(6-3-14)36-17-7-8-19(26)20(27)11-17/h2-11H,12-13H2,1H3,(H,28,31)(H,29,32,34). The van der Waals surface area contributed by atoms with E-state index in [1.807, 2.05) is 5.32 Å². The van der Waals surface area contributed by atoms with E-state index in [1.54, 1.807) is 30.3 Å². The predicted octanol–water partition coefficient (Wildman–Crippen LogP) is 3.27. The molecule has 4 rings (SSSR count). The molecule has 9 nitrogen and oxygen atoms in total. The highest BCUT2D eigenvalue weighted by molar-refractivity contribution is 6.44. The average molecular weight is 495 g/mol. The topological polar surface area (TPSA) is 114 Å². The van der Waals surface area contributed by atoms with Crippen LogP contribution in [0.3, 0.4) is 0 Å². The lowest BCUT2D eigenvalue weighted by Crippen LogP contribution is -2.30. The van der Waals surface area contributed by atoms with Crippen molar-refractivity contribution >= 4 is 23.8 Å². The van der Waals surface area contributed by atoms with Gasteiger partial charge in [0.2, 0.25) is 0 Å². The van der Waals surface area contributed by atoms with Crippen LogP contribution in [0.5, 0.6) is 17.2 Å². The van der Waals surface area contributed by atoms with Crippen LogP contribution in [-0.2, 0) is 22.7 Å². The largest absolute Gasteiger partial charge is 0.496 e. The maximum Gasteiger partial charge on any atom is 0.331 e. The van der Waals surface area contributed by atoms with E-state index in [-0.39, 0.29) is 30.2 Å².